The number of carbonyl (C=O) groups excluding carboxylic acids is 1. The number of ether oxygens (including phenoxy) is 1. The van der Waals surface area contributed by atoms with Gasteiger partial charge < -0.3 is 4.74 Å². The van der Waals surface area contributed by atoms with Crippen molar-refractivity contribution in [1.82, 2.24) is 0 Å². The van der Waals surface area contributed by atoms with Gasteiger partial charge in [-0.05, 0) is 25.1 Å². The lowest BCUT2D eigenvalue weighted by molar-refractivity contribution is -0.689. The van der Waals surface area contributed by atoms with Gasteiger partial charge in [0.25, 0.3) is 5.69 Å². The minimum Gasteiger partial charge on any atom is -0.462 e. The number of rotatable bonds is 7. The molecule has 0 aliphatic heterocycles. The van der Waals surface area contributed by atoms with Crippen LogP contribution in [0.1, 0.15) is 32.1 Å². The molecule has 0 fully saturated rings. The Labute approximate surface area is 167 Å². The number of benzene rings is 2. The lowest BCUT2D eigenvalue weighted by atomic mass is 10.1. The SMILES string of the molecule is Cc1cccc(C[n+]2csc(CCOC(=O)c3ccc([N+](=O)[O-])cc3)c2C)c1. The zero-order valence-corrected chi connectivity index (χ0v) is 16.6. The van der Waals surface area contributed by atoms with Crippen LogP contribution < -0.4 is 4.57 Å². The van der Waals surface area contributed by atoms with E-state index in [1.165, 1.54) is 40.3 Å². The number of nitro groups is 1. The molecular weight excluding hydrogens is 376 g/mol. The molecule has 28 heavy (non-hydrogen) atoms. The second-order valence-corrected chi connectivity index (χ2v) is 7.48. The summed E-state index contributed by atoms with van der Waals surface area (Å²) in [6.45, 7) is 5.23. The van der Waals surface area contributed by atoms with Gasteiger partial charge >= 0.3 is 5.97 Å². The third-order valence-electron chi connectivity index (χ3n) is 4.47. The van der Waals surface area contributed by atoms with Gasteiger partial charge in [-0.3, -0.25) is 10.1 Å². The number of nitrogens with zero attached hydrogens (tertiary/aromatic N) is 2. The zero-order valence-electron chi connectivity index (χ0n) is 15.8. The van der Waals surface area contributed by atoms with Gasteiger partial charge in [0.05, 0.1) is 22.0 Å². The predicted molar refractivity (Wildman–Crippen MR) is 107 cm³/mol. The number of non-ortho nitro benzene ring substituents is 1. The molecule has 7 heteroatoms. The van der Waals surface area contributed by atoms with Crippen molar-refractivity contribution >= 4 is 23.0 Å². The van der Waals surface area contributed by atoms with Crippen LogP contribution >= 0.6 is 11.3 Å². The van der Waals surface area contributed by atoms with Gasteiger partial charge in [0.2, 0.25) is 5.51 Å². The Kier molecular flexibility index (Phi) is 6.16. The number of carbonyl (C=O) groups is 1. The van der Waals surface area contributed by atoms with Crippen molar-refractivity contribution in [2.45, 2.75) is 26.8 Å². The van der Waals surface area contributed by atoms with Crippen LogP contribution in [0.25, 0.3) is 0 Å². The first-order valence-electron chi connectivity index (χ1n) is 8.87. The minimum absolute atomic E-state index is 0.0519. The van der Waals surface area contributed by atoms with Crippen molar-refractivity contribution in [3.05, 3.63) is 91.4 Å². The molecule has 0 atom stereocenters. The Bertz CT molecular complexity index is 996. The van der Waals surface area contributed by atoms with Gasteiger partial charge in [0.1, 0.15) is 0 Å². The molecule has 0 unspecified atom stereocenters. The summed E-state index contributed by atoms with van der Waals surface area (Å²) in [4.78, 5) is 23.4. The molecule has 3 rings (SSSR count). The van der Waals surface area contributed by atoms with Crippen LogP contribution in [0.15, 0.2) is 54.0 Å². The van der Waals surface area contributed by atoms with Crippen LogP contribution in [0.5, 0.6) is 0 Å². The van der Waals surface area contributed by atoms with E-state index in [1.54, 1.807) is 11.3 Å². The van der Waals surface area contributed by atoms with Crippen LogP contribution in [0.4, 0.5) is 5.69 Å². The average molecular weight is 397 g/mol. The van der Waals surface area contributed by atoms with E-state index in [1.807, 2.05) is 0 Å². The number of nitro benzene ring substituents is 1. The molecule has 1 heterocycles. The number of aryl methyl sites for hydroxylation is 1. The summed E-state index contributed by atoms with van der Waals surface area (Å²) in [5, 5.41) is 10.7. The topological polar surface area (TPSA) is 73.3 Å². The molecule has 3 aromatic rings. The maximum absolute atomic E-state index is 12.1. The molecule has 0 saturated carbocycles. The van der Waals surface area contributed by atoms with Gasteiger partial charge in [0, 0.05) is 31.0 Å². The van der Waals surface area contributed by atoms with Crippen LogP contribution in [-0.4, -0.2) is 17.5 Å². The highest BCUT2D eigenvalue weighted by Gasteiger charge is 2.17. The van der Waals surface area contributed by atoms with Crippen molar-refractivity contribution in [1.29, 1.82) is 0 Å². The summed E-state index contributed by atoms with van der Waals surface area (Å²) in [6.07, 6.45) is 0.635. The molecular formula is C21H21N2O4S+. The smallest absolute Gasteiger partial charge is 0.338 e. The highest BCUT2D eigenvalue weighted by molar-refractivity contribution is 7.09. The second kappa shape index (κ2) is 8.75. The fourth-order valence-corrected chi connectivity index (χ4v) is 3.87. The van der Waals surface area contributed by atoms with E-state index in [-0.39, 0.29) is 12.3 Å². The Morgan fingerprint density at radius 3 is 2.61 bits per heavy atom. The number of hydrogen-bond donors (Lipinski definition) is 0. The summed E-state index contributed by atoms with van der Waals surface area (Å²) >= 11 is 1.65. The lowest BCUT2D eigenvalue weighted by Crippen LogP contribution is -2.35. The number of aromatic nitrogens is 1. The number of hydrogen-bond acceptors (Lipinski definition) is 5. The summed E-state index contributed by atoms with van der Waals surface area (Å²) in [5.41, 5.74) is 6.00. The first kappa shape index (κ1) is 19.7. The van der Waals surface area contributed by atoms with Gasteiger partial charge in [-0.15, -0.1) is 0 Å². The molecule has 0 saturated heterocycles. The van der Waals surface area contributed by atoms with Crippen molar-refractivity contribution in [3.8, 4) is 0 Å². The third kappa shape index (κ3) is 4.80. The fourth-order valence-electron chi connectivity index (χ4n) is 2.89. The van der Waals surface area contributed by atoms with E-state index in [2.05, 4.69) is 48.2 Å². The molecule has 144 valence electrons. The van der Waals surface area contributed by atoms with Crippen molar-refractivity contribution in [2.24, 2.45) is 0 Å². The number of esters is 1. The van der Waals surface area contributed by atoms with Gasteiger partial charge in [-0.2, -0.15) is 4.57 Å². The van der Waals surface area contributed by atoms with Gasteiger partial charge in [0.15, 0.2) is 12.2 Å². The molecule has 0 N–H and O–H groups in total. The quantitative estimate of drug-likeness (QED) is 0.261. The standard InChI is InChI=1S/C21H21N2O4S/c1-15-4-3-5-17(12-15)13-22-14-28-20(16(22)2)10-11-27-21(24)18-6-8-19(9-7-18)23(25)26/h3-9,12,14H,10-11,13H2,1-2H3/q+1. The molecule has 0 aliphatic carbocycles. The van der Waals surface area contributed by atoms with Gasteiger partial charge in [-0.1, -0.05) is 35.1 Å². The van der Waals surface area contributed by atoms with Gasteiger partial charge in [-0.25, -0.2) is 4.79 Å². The van der Waals surface area contributed by atoms with Crippen LogP contribution in [0.2, 0.25) is 0 Å². The summed E-state index contributed by atoms with van der Waals surface area (Å²) in [7, 11) is 0. The molecule has 2 aromatic carbocycles. The first-order chi connectivity index (χ1) is 13.4. The maximum atomic E-state index is 12.1. The lowest BCUT2D eigenvalue weighted by Gasteiger charge is -2.04. The minimum atomic E-state index is -0.499. The molecule has 6 nitrogen and oxygen atoms in total. The summed E-state index contributed by atoms with van der Waals surface area (Å²) in [6, 6.07) is 13.9. The fraction of sp³-hybridized carbons (Fsp3) is 0.238. The second-order valence-electron chi connectivity index (χ2n) is 6.54. The molecule has 1 aromatic heterocycles. The first-order valence-corrected chi connectivity index (χ1v) is 9.75. The molecule has 0 aliphatic rings. The third-order valence-corrected chi connectivity index (χ3v) is 5.61. The maximum Gasteiger partial charge on any atom is 0.338 e. The van der Waals surface area contributed by atoms with E-state index in [4.69, 9.17) is 4.74 Å². The van der Waals surface area contributed by atoms with Crippen LogP contribution in [0.3, 0.4) is 0 Å². The Morgan fingerprint density at radius 2 is 1.93 bits per heavy atom. The molecule has 0 radical (unpaired) electrons. The van der Waals surface area contributed by atoms with Crippen molar-refractivity contribution in [2.75, 3.05) is 6.61 Å². The normalized spacial score (nSPS) is 10.6. The molecule has 0 bridgehead atoms. The highest BCUT2D eigenvalue weighted by atomic mass is 32.1. The van der Waals surface area contributed by atoms with Crippen LogP contribution in [0, 0.1) is 24.0 Å². The van der Waals surface area contributed by atoms with E-state index < -0.39 is 10.9 Å². The van der Waals surface area contributed by atoms with Crippen LogP contribution in [-0.2, 0) is 17.7 Å². The van der Waals surface area contributed by atoms with Crippen molar-refractivity contribution < 1.29 is 19.0 Å². The van der Waals surface area contributed by atoms with E-state index in [0.29, 0.717) is 12.0 Å². The van der Waals surface area contributed by atoms with E-state index >= 15 is 0 Å². The van der Waals surface area contributed by atoms with Crippen molar-refractivity contribution in [3.63, 3.8) is 0 Å². The molecule has 0 amide bonds. The molecule has 0 spiro atoms. The van der Waals surface area contributed by atoms with E-state index in [0.717, 1.165) is 12.2 Å². The Morgan fingerprint density at radius 1 is 1.18 bits per heavy atom. The van der Waals surface area contributed by atoms with E-state index in [9.17, 15) is 14.9 Å². The highest BCUT2D eigenvalue weighted by Crippen LogP contribution is 2.15. The largest absolute Gasteiger partial charge is 0.462 e. The zero-order chi connectivity index (χ0) is 20.1. The number of thiazole rings is 1. The summed E-state index contributed by atoms with van der Waals surface area (Å²) < 4.78 is 7.52. The summed E-state index contributed by atoms with van der Waals surface area (Å²) in [5.74, 6) is -0.475. The monoisotopic (exact) mass is 397 g/mol. The Hall–Kier alpha value is -3.06. The predicted octanol–water partition coefficient (Wildman–Crippen LogP) is 4.01. The Balaban J connectivity index is 1.55. The average Bonchev–Trinajstić information content (AvgIpc) is 3.01.